The number of fused-ring (bicyclic) bond motifs is 1. The molecule has 0 aliphatic heterocycles. The lowest BCUT2D eigenvalue weighted by Crippen LogP contribution is -2.13. The predicted molar refractivity (Wildman–Crippen MR) is 137 cm³/mol. The fourth-order valence-electron chi connectivity index (χ4n) is 3.83. The SMILES string of the molecule is Cc1cc(Cl)ccc1Oc1cc(NC(=O)c2cc3nccc(-c4cnn(C)c4C)n3n2)cc([N+](=O)[O-])c1. The van der Waals surface area contributed by atoms with Gasteiger partial charge < -0.3 is 10.1 Å². The lowest BCUT2D eigenvalue weighted by Gasteiger charge is -2.11. The van der Waals surface area contributed by atoms with Crippen molar-refractivity contribution < 1.29 is 14.5 Å². The van der Waals surface area contributed by atoms with Gasteiger partial charge in [0.2, 0.25) is 0 Å². The van der Waals surface area contributed by atoms with E-state index in [9.17, 15) is 14.9 Å². The third-order valence-electron chi connectivity index (χ3n) is 5.83. The molecule has 3 heterocycles. The first-order valence-electron chi connectivity index (χ1n) is 11.1. The summed E-state index contributed by atoms with van der Waals surface area (Å²) in [5.41, 5.74) is 3.73. The largest absolute Gasteiger partial charge is 0.457 e. The van der Waals surface area contributed by atoms with Crippen LogP contribution in [-0.2, 0) is 7.05 Å². The molecule has 1 amide bonds. The molecule has 5 aromatic rings. The monoisotopic (exact) mass is 517 g/mol. The molecule has 0 unspecified atom stereocenters. The Kier molecular flexibility index (Phi) is 6.06. The molecular weight excluding hydrogens is 498 g/mol. The molecule has 11 nitrogen and oxygen atoms in total. The summed E-state index contributed by atoms with van der Waals surface area (Å²) in [6.07, 6.45) is 3.35. The number of carbonyl (C=O) groups excluding carboxylic acids is 1. The average Bonchev–Trinajstić information content (AvgIpc) is 3.44. The molecule has 0 spiro atoms. The second-order valence-corrected chi connectivity index (χ2v) is 8.77. The molecule has 0 atom stereocenters. The van der Waals surface area contributed by atoms with E-state index in [0.717, 1.165) is 22.5 Å². The van der Waals surface area contributed by atoms with Crippen LogP contribution in [0, 0.1) is 24.0 Å². The van der Waals surface area contributed by atoms with E-state index in [2.05, 4.69) is 20.5 Å². The third-order valence-corrected chi connectivity index (χ3v) is 6.06. The van der Waals surface area contributed by atoms with E-state index in [-0.39, 0.29) is 22.8 Å². The van der Waals surface area contributed by atoms with Gasteiger partial charge in [-0.1, -0.05) is 11.6 Å². The van der Waals surface area contributed by atoms with Gasteiger partial charge >= 0.3 is 0 Å². The first kappa shape index (κ1) is 23.9. The van der Waals surface area contributed by atoms with Crippen molar-refractivity contribution in [2.75, 3.05) is 5.32 Å². The second kappa shape index (κ2) is 9.36. The van der Waals surface area contributed by atoms with Crippen LogP contribution in [0.3, 0.4) is 0 Å². The number of ether oxygens (including phenoxy) is 1. The van der Waals surface area contributed by atoms with E-state index in [0.29, 0.717) is 16.4 Å². The van der Waals surface area contributed by atoms with Crippen LogP contribution in [0.5, 0.6) is 11.5 Å². The van der Waals surface area contributed by atoms with E-state index in [1.54, 1.807) is 52.8 Å². The molecule has 12 heteroatoms. The summed E-state index contributed by atoms with van der Waals surface area (Å²) in [4.78, 5) is 28.4. The smallest absolute Gasteiger partial charge is 0.276 e. The number of aryl methyl sites for hydroxylation is 2. The molecule has 37 heavy (non-hydrogen) atoms. The number of anilines is 1. The van der Waals surface area contributed by atoms with Gasteiger partial charge in [-0.2, -0.15) is 10.2 Å². The minimum absolute atomic E-state index is 0.0870. The third kappa shape index (κ3) is 4.71. The number of amides is 1. The number of nitrogens with one attached hydrogen (secondary N) is 1. The summed E-state index contributed by atoms with van der Waals surface area (Å²) >= 11 is 6.00. The number of nitro groups is 1. The fourth-order valence-corrected chi connectivity index (χ4v) is 4.06. The van der Waals surface area contributed by atoms with Crippen molar-refractivity contribution in [3.63, 3.8) is 0 Å². The number of aromatic nitrogens is 5. The predicted octanol–water partition coefficient (Wildman–Crippen LogP) is 5.35. The van der Waals surface area contributed by atoms with Gasteiger partial charge in [0.25, 0.3) is 11.6 Å². The first-order valence-corrected chi connectivity index (χ1v) is 11.5. The molecule has 0 aliphatic rings. The van der Waals surface area contributed by atoms with Crippen molar-refractivity contribution in [2.24, 2.45) is 7.05 Å². The molecule has 0 radical (unpaired) electrons. The highest BCUT2D eigenvalue weighted by atomic mass is 35.5. The van der Waals surface area contributed by atoms with E-state index in [1.165, 1.54) is 24.3 Å². The normalized spacial score (nSPS) is 11.0. The topological polar surface area (TPSA) is 129 Å². The molecule has 0 saturated heterocycles. The average molecular weight is 518 g/mol. The summed E-state index contributed by atoms with van der Waals surface area (Å²) in [6, 6.07) is 12.4. The van der Waals surface area contributed by atoms with Gasteiger partial charge in [-0.3, -0.25) is 19.6 Å². The van der Waals surface area contributed by atoms with Gasteiger partial charge in [0.15, 0.2) is 11.3 Å². The Bertz CT molecular complexity index is 1690. The van der Waals surface area contributed by atoms with Crippen molar-refractivity contribution in [1.29, 1.82) is 0 Å². The Balaban J connectivity index is 1.46. The van der Waals surface area contributed by atoms with Crippen molar-refractivity contribution in [1.82, 2.24) is 24.4 Å². The second-order valence-electron chi connectivity index (χ2n) is 8.34. The van der Waals surface area contributed by atoms with Crippen LogP contribution in [0.2, 0.25) is 5.02 Å². The number of halogens is 1. The van der Waals surface area contributed by atoms with E-state index < -0.39 is 10.8 Å². The van der Waals surface area contributed by atoms with Crippen molar-refractivity contribution in [2.45, 2.75) is 13.8 Å². The van der Waals surface area contributed by atoms with Crippen LogP contribution in [-0.4, -0.2) is 35.2 Å². The molecule has 5 rings (SSSR count). The van der Waals surface area contributed by atoms with Gasteiger partial charge in [-0.15, -0.1) is 0 Å². The number of hydrogen-bond acceptors (Lipinski definition) is 7. The number of carbonyl (C=O) groups is 1. The zero-order valence-electron chi connectivity index (χ0n) is 20.0. The molecule has 2 aromatic carbocycles. The zero-order valence-corrected chi connectivity index (χ0v) is 20.7. The highest BCUT2D eigenvalue weighted by molar-refractivity contribution is 6.30. The number of rotatable bonds is 6. The minimum atomic E-state index is -0.562. The summed E-state index contributed by atoms with van der Waals surface area (Å²) in [6.45, 7) is 3.74. The maximum absolute atomic E-state index is 13.1. The van der Waals surface area contributed by atoms with Gasteiger partial charge in [-0.25, -0.2) is 9.50 Å². The molecule has 0 bridgehead atoms. The maximum atomic E-state index is 13.1. The summed E-state index contributed by atoms with van der Waals surface area (Å²) in [5.74, 6) is 0.0984. The Hall–Kier alpha value is -4.77. The van der Waals surface area contributed by atoms with E-state index >= 15 is 0 Å². The van der Waals surface area contributed by atoms with Crippen LogP contribution in [0.25, 0.3) is 16.9 Å². The molecule has 1 N–H and O–H groups in total. The van der Waals surface area contributed by atoms with Gasteiger partial charge in [-0.05, 0) is 43.7 Å². The number of nitrogens with zero attached hydrogens (tertiary/aromatic N) is 6. The Morgan fingerprint density at radius 1 is 1.14 bits per heavy atom. The van der Waals surface area contributed by atoms with E-state index in [1.807, 2.05) is 14.0 Å². The molecule has 186 valence electrons. The Morgan fingerprint density at radius 3 is 2.65 bits per heavy atom. The summed E-state index contributed by atoms with van der Waals surface area (Å²) < 4.78 is 9.16. The quantitative estimate of drug-likeness (QED) is 0.237. The highest BCUT2D eigenvalue weighted by Gasteiger charge is 2.19. The van der Waals surface area contributed by atoms with Crippen LogP contribution in [0.1, 0.15) is 21.7 Å². The highest BCUT2D eigenvalue weighted by Crippen LogP contribution is 2.32. The molecular formula is C25H20ClN7O4. The first-order chi connectivity index (χ1) is 17.7. The number of hydrogen-bond donors (Lipinski definition) is 1. The summed E-state index contributed by atoms with van der Waals surface area (Å²) in [5, 5.41) is 23.5. The Morgan fingerprint density at radius 2 is 1.95 bits per heavy atom. The van der Waals surface area contributed by atoms with Gasteiger partial charge in [0.1, 0.15) is 11.5 Å². The molecule has 0 aliphatic carbocycles. The molecule has 3 aromatic heterocycles. The van der Waals surface area contributed by atoms with E-state index in [4.69, 9.17) is 16.3 Å². The van der Waals surface area contributed by atoms with Crippen LogP contribution >= 0.6 is 11.6 Å². The van der Waals surface area contributed by atoms with Crippen molar-refractivity contribution in [3.8, 4) is 22.8 Å². The lowest BCUT2D eigenvalue weighted by atomic mass is 10.2. The number of nitro benzene ring substituents is 1. The number of non-ortho nitro benzene ring substituents is 1. The lowest BCUT2D eigenvalue weighted by molar-refractivity contribution is -0.384. The van der Waals surface area contributed by atoms with Crippen molar-refractivity contribution in [3.05, 3.63) is 93.0 Å². The van der Waals surface area contributed by atoms with Crippen molar-refractivity contribution >= 4 is 34.5 Å². The minimum Gasteiger partial charge on any atom is -0.457 e. The fraction of sp³-hybridized carbons (Fsp3) is 0.120. The summed E-state index contributed by atoms with van der Waals surface area (Å²) in [7, 11) is 1.84. The maximum Gasteiger partial charge on any atom is 0.276 e. The van der Waals surface area contributed by atoms with Gasteiger partial charge in [0, 0.05) is 47.7 Å². The standard InChI is InChI=1S/C25H20ClN7O4/c1-14-8-16(26)4-5-23(14)37-19-10-17(9-18(11-19)33(35)36)29-25(34)21-12-24-27-7-6-22(32(24)30-21)20-13-28-31(3)15(20)2/h4-13H,1-3H3,(H,29,34). The zero-order chi connectivity index (χ0) is 26.3. The van der Waals surface area contributed by atoms with Crippen LogP contribution in [0.15, 0.2) is 60.9 Å². The van der Waals surface area contributed by atoms with Crippen LogP contribution < -0.4 is 10.1 Å². The van der Waals surface area contributed by atoms with Crippen LogP contribution in [0.4, 0.5) is 11.4 Å². The number of benzene rings is 2. The molecule has 0 saturated carbocycles. The Labute approximate surface area is 215 Å². The van der Waals surface area contributed by atoms with Gasteiger partial charge in [0.05, 0.1) is 28.6 Å². The molecule has 0 fully saturated rings.